The van der Waals surface area contributed by atoms with E-state index in [-0.39, 0.29) is 12.1 Å². The van der Waals surface area contributed by atoms with Gasteiger partial charge in [-0.1, -0.05) is 18.2 Å². The molecule has 1 fully saturated rings. The van der Waals surface area contributed by atoms with Gasteiger partial charge in [-0.25, -0.2) is 0 Å². The summed E-state index contributed by atoms with van der Waals surface area (Å²) >= 11 is 0. The monoisotopic (exact) mass is 300 g/mol. The van der Waals surface area contributed by atoms with E-state index in [0.717, 1.165) is 39.0 Å². The Kier molecular flexibility index (Phi) is 3.20. The molecule has 0 aliphatic carbocycles. The number of carboxylic acids is 1. The minimum absolute atomic E-state index is 0.121. The predicted octanol–water partition coefficient (Wildman–Crippen LogP) is 2.12. The molecule has 1 saturated heterocycles. The van der Waals surface area contributed by atoms with E-state index in [1.54, 1.807) is 0 Å². The largest absolute Gasteiger partial charge is 0.480 e. The Morgan fingerprint density at radius 2 is 2.09 bits per heavy atom. The van der Waals surface area contributed by atoms with Crippen molar-refractivity contribution in [2.24, 2.45) is 0 Å². The zero-order valence-corrected chi connectivity index (χ0v) is 12.5. The minimum atomic E-state index is -0.758. The first-order valence-corrected chi connectivity index (χ1v) is 7.86. The summed E-state index contributed by atoms with van der Waals surface area (Å²) in [7, 11) is 0. The van der Waals surface area contributed by atoms with E-state index in [9.17, 15) is 4.79 Å². The molecular formula is C17H20N2O3. The van der Waals surface area contributed by atoms with E-state index in [0.29, 0.717) is 0 Å². The van der Waals surface area contributed by atoms with Crippen LogP contribution in [0.25, 0.3) is 10.9 Å². The lowest BCUT2D eigenvalue weighted by Crippen LogP contribution is -2.47. The van der Waals surface area contributed by atoms with E-state index in [1.807, 2.05) is 11.0 Å². The molecule has 5 nitrogen and oxygen atoms in total. The summed E-state index contributed by atoms with van der Waals surface area (Å²) in [5, 5.41) is 10.2. The van der Waals surface area contributed by atoms with E-state index < -0.39 is 5.97 Å². The number of ether oxygens (including phenoxy) is 1. The molecule has 116 valence electrons. The Balaban J connectivity index is 1.67. The number of carboxylic acid groups (broad SMARTS) is 1. The van der Waals surface area contributed by atoms with E-state index >= 15 is 0 Å². The molecule has 0 saturated carbocycles. The van der Waals surface area contributed by atoms with Crippen LogP contribution < -0.4 is 0 Å². The number of aromatic amines is 1. The molecular weight excluding hydrogens is 280 g/mol. The fraction of sp³-hybridized carbons (Fsp3) is 0.471. The zero-order valence-electron chi connectivity index (χ0n) is 12.5. The molecule has 0 bridgehead atoms. The number of benzene rings is 1. The first-order chi connectivity index (χ1) is 10.7. The summed E-state index contributed by atoms with van der Waals surface area (Å²) < 4.78 is 6.21. The van der Waals surface area contributed by atoms with Gasteiger partial charge in [0, 0.05) is 24.0 Å². The third-order valence-corrected chi connectivity index (χ3v) is 5.02. The second kappa shape index (κ2) is 5.11. The molecule has 0 atom stereocenters. The molecule has 22 heavy (non-hydrogen) atoms. The SMILES string of the molecule is O=C(O)CN1CCC2(CC1)OCCc1c2[nH]c2ccccc12. The number of carbonyl (C=O) groups is 1. The van der Waals surface area contributed by atoms with Gasteiger partial charge in [0.1, 0.15) is 5.60 Å². The number of H-pyrrole nitrogens is 1. The van der Waals surface area contributed by atoms with Crippen LogP contribution in [0.3, 0.4) is 0 Å². The molecule has 5 heteroatoms. The van der Waals surface area contributed by atoms with Crippen LogP contribution in [0.15, 0.2) is 24.3 Å². The number of aromatic nitrogens is 1. The topological polar surface area (TPSA) is 65.6 Å². The Morgan fingerprint density at radius 3 is 2.86 bits per heavy atom. The van der Waals surface area contributed by atoms with Gasteiger partial charge >= 0.3 is 5.97 Å². The molecule has 2 aliphatic heterocycles. The third kappa shape index (κ3) is 2.12. The fourth-order valence-corrected chi connectivity index (χ4v) is 3.93. The second-order valence-corrected chi connectivity index (χ2v) is 6.29. The maximum atomic E-state index is 10.9. The summed E-state index contributed by atoms with van der Waals surface area (Å²) in [4.78, 5) is 16.4. The Hall–Kier alpha value is -1.85. The maximum Gasteiger partial charge on any atom is 0.317 e. The molecule has 2 aliphatic rings. The third-order valence-electron chi connectivity index (χ3n) is 5.02. The van der Waals surface area contributed by atoms with Gasteiger partial charge in [-0.3, -0.25) is 9.69 Å². The van der Waals surface area contributed by atoms with Gasteiger partial charge in [0.2, 0.25) is 0 Å². The van der Waals surface area contributed by atoms with Crippen molar-refractivity contribution in [3.63, 3.8) is 0 Å². The summed E-state index contributed by atoms with van der Waals surface area (Å²) in [6.45, 7) is 2.39. The van der Waals surface area contributed by atoms with Gasteiger partial charge in [0.25, 0.3) is 0 Å². The molecule has 4 rings (SSSR count). The van der Waals surface area contributed by atoms with E-state index in [2.05, 4.69) is 23.2 Å². The van der Waals surface area contributed by atoms with Gasteiger partial charge < -0.3 is 14.8 Å². The van der Waals surface area contributed by atoms with Gasteiger partial charge in [0.15, 0.2) is 0 Å². The number of piperidine rings is 1. The molecule has 1 spiro atoms. The molecule has 1 aromatic heterocycles. The number of rotatable bonds is 2. The quantitative estimate of drug-likeness (QED) is 0.891. The van der Waals surface area contributed by atoms with Crippen molar-refractivity contribution >= 4 is 16.9 Å². The van der Waals surface area contributed by atoms with Crippen LogP contribution in [-0.2, 0) is 21.6 Å². The van der Waals surface area contributed by atoms with Crippen LogP contribution in [0, 0.1) is 0 Å². The number of nitrogens with zero attached hydrogens (tertiary/aromatic N) is 1. The lowest BCUT2D eigenvalue weighted by Gasteiger charge is -2.43. The standard InChI is InChI=1S/C17H20N2O3/c20-15(21)11-19-8-6-17(7-9-19)16-13(5-10-22-17)12-3-1-2-4-14(12)18-16/h1-4,18H,5-11H2,(H,20,21). The van der Waals surface area contributed by atoms with Gasteiger partial charge in [-0.15, -0.1) is 0 Å². The first kappa shape index (κ1) is 13.8. The van der Waals surface area contributed by atoms with Crippen LogP contribution in [0.5, 0.6) is 0 Å². The van der Waals surface area contributed by atoms with Crippen LogP contribution in [0.2, 0.25) is 0 Å². The molecule has 2 N–H and O–H groups in total. The number of fused-ring (bicyclic) bond motifs is 4. The number of aliphatic carboxylic acids is 1. The Morgan fingerprint density at radius 1 is 1.32 bits per heavy atom. The molecule has 1 aromatic carbocycles. The maximum absolute atomic E-state index is 10.9. The number of para-hydroxylation sites is 1. The molecule has 0 unspecified atom stereocenters. The highest BCUT2D eigenvalue weighted by Crippen LogP contribution is 2.43. The van der Waals surface area contributed by atoms with Crippen molar-refractivity contribution in [3.8, 4) is 0 Å². The summed E-state index contributed by atoms with van der Waals surface area (Å²) in [5.41, 5.74) is 3.51. The highest BCUT2D eigenvalue weighted by molar-refractivity contribution is 5.85. The normalized spacial score (nSPS) is 21.1. The summed E-state index contributed by atoms with van der Waals surface area (Å²) in [6.07, 6.45) is 2.64. The van der Waals surface area contributed by atoms with Crippen molar-refractivity contribution in [1.82, 2.24) is 9.88 Å². The van der Waals surface area contributed by atoms with E-state index in [1.165, 1.54) is 22.2 Å². The van der Waals surface area contributed by atoms with Crippen molar-refractivity contribution < 1.29 is 14.6 Å². The van der Waals surface area contributed by atoms with E-state index in [4.69, 9.17) is 9.84 Å². The van der Waals surface area contributed by atoms with Crippen molar-refractivity contribution in [2.45, 2.75) is 24.9 Å². The van der Waals surface area contributed by atoms with Crippen LogP contribution in [0.4, 0.5) is 0 Å². The number of hydrogen-bond acceptors (Lipinski definition) is 3. The van der Waals surface area contributed by atoms with Gasteiger partial charge in [-0.2, -0.15) is 0 Å². The molecule has 0 amide bonds. The first-order valence-electron chi connectivity index (χ1n) is 7.86. The smallest absolute Gasteiger partial charge is 0.317 e. The average molecular weight is 300 g/mol. The summed E-state index contributed by atoms with van der Waals surface area (Å²) in [5.74, 6) is -0.758. The molecule has 0 radical (unpaired) electrons. The molecule has 3 heterocycles. The fourth-order valence-electron chi connectivity index (χ4n) is 3.93. The highest BCUT2D eigenvalue weighted by Gasteiger charge is 2.42. The highest BCUT2D eigenvalue weighted by atomic mass is 16.5. The average Bonchev–Trinajstić information content (AvgIpc) is 2.90. The Labute approximate surface area is 128 Å². The number of nitrogens with one attached hydrogen (secondary N) is 1. The zero-order chi connectivity index (χ0) is 15.2. The van der Waals surface area contributed by atoms with Crippen LogP contribution in [-0.4, -0.2) is 47.2 Å². The van der Waals surface area contributed by atoms with Crippen LogP contribution >= 0.6 is 0 Å². The summed E-state index contributed by atoms with van der Waals surface area (Å²) in [6, 6.07) is 8.41. The van der Waals surface area contributed by atoms with Crippen molar-refractivity contribution in [1.29, 1.82) is 0 Å². The lowest BCUT2D eigenvalue weighted by molar-refractivity contribution is -0.141. The van der Waals surface area contributed by atoms with Crippen molar-refractivity contribution in [2.75, 3.05) is 26.2 Å². The second-order valence-electron chi connectivity index (χ2n) is 6.29. The number of hydrogen-bond donors (Lipinski definition) is 2. The van der Waals surface area contributed by atoms with Gasteiger partial charge in [-0.05, 0) is 30.9 Å². The molecule has 2 aromatic rings. The van der Waals surface area contributed by atoms with Crippen LogP contribution in [0.1, 0.15) is 24.1 Å². The number of likely N-dealkylation sites (tertiary alicyclic amines) is 1. The van der Waals surface area contributed by atoms with Gasteiger partial charge in [0.05, 0.1) is 18.8 Å². The predicted molar refractivity (Wildman–Crippen MR) is 82.9 cm³/mol. The minimum Gasteiger partial charge on any atom is -0.480 e. The van der Waals surface area contributed by atoms with Crippen molar-refractivity contribution in [3.05, 3.63) is 35.5 Å². The lowest BCUT2D eigenvalue weighted by atomic mass is 9.83. The Bertz CT molecular complexity index is 714.